The van der Waals surface area contributed by atoms with Gasteiger partial charge in [0.2, 0.25) is 0 Å². The van der Waals surface area contributed by atoms with E-state index in [0.717, 1.165) is 74.5 Å². The maximum absolute atomic E-state index is 5.85. The molecule has 92 heavy (non-hydrogen) atoms. The molecular weight excluding hydrogens is 1120 g/mol. The summed E-state index contributed by atoms with van der Waals surface area (Å²) in [6, 6.07) is 124. The van der Waals surface area contributed by atoms with E-state index in [-0.39, 0.29) is 13.4 Å². The molecule has 0 atom stereocenters. The first kappa shape index (κ1) is 54.1. The number of anilines is 18. The molecule has 4 aliphatic rings. The van der Waals surface area contributed by atoms with Gasteiger partial charge < -0.3 is 9.80 Å². The summed E-state index contributed by atoms with van der Waals surface area (Å²) in [5.74, 6) is 3.58. The fourth-order valence-corrected chi connectivity index (χ4v) is 14.2. The highest BCUT2D eigenvalue weighted by molar-refractivity contribution is 7.04. The van der Waals surface area contributed by atoms with Crippen molar-refractivity contribution in [2.75, 3.05) is 29.4 Å². The number of para-hydroxylation sites is 12. The van der Waals surface area contributed by atoms with Crippen LogP contribution in [0.3, 0.4) is 0 Å². The molecule has 0 saturated carbocycles. The Morgan fingerprint density at radius 3 is 0.783 bits per heavy atom. The van der Waals surface area contributed by atoms with Gasteiger partial charge >= 0.3 is 0 Å². The highest BCUT2D eigenvalue weighted by Crippen LogP contribution is 2.49. The quantitative estimate of drug-likeness (QED) is 0.119. The largest absolute Gasteiger partial charge is 0.312 e. The molecule has 432 valence electrons. The van der Waals surface area contributed by atoms with Gasteiger partial charge in [0, 0.05) is 86.1 Å². The number of hydrogen-bond acceptors (Lipinski definition) is 8. The van der Waals surface area contributed by atoms with E-state index in [9.17, 15) is 0 Å². The van der Waals surface area contributed by atoms with Crippen LogP contribution in [0.25, 0.3) is 0 Å². The molecule has 8 nitrogen and oxygen atoms in total. The second kappa shape index (κ2) is 23.1. The highest BCUT2D eigenvalue weighted by Gasteiger charge is 2.52. The zero-order chi connectivity index (χ0) is 60.9. The van der Waals surface area contributed by atoms with E-state index in [1.54, 1.807) is 0 Å². The predicted octanol–water partition coefficient (Wildman–Crippen LogP) is 17.3. The van der Waals surface area contributed by atoms with Crippen LogP contribution in [0.4, 0.5) is 103 Å². The standard InChI is InChI=1S/C41H26B2N4.C41H32N4/c1-3-15-27(16-4-1)45-33-23-11-7-19-29(33)42-31-21-9-13-25-35(31)47-36-26-14-10-22-32(36)43-30-20-8-12-24-34(30)46(28-17-5-2-6-18-28)41-38(43)39(47)37(42)40(45)44-41;1-7-19-33(20-8-1)43(34-21-9-2-10-22-34)39-31-40(44(35-23-11-3-12-24-35)36-25-13-4-14-26-36)42-41(32-39)45(37-27-15-5-16-28-37)38-29-17-6-18-30-38/h1-26H;1-32H. The minimum Gasteiger partial charge on any atom is -0.312 e. The second-order valence-corrected chi connectivity index (χ2v) is 23.3. The van der Waals surface area contributed by atoms with Crippen molar-refractivity contribution in [3.63, 3.8) is 0 Å². The SMILES string of the molecule is c1ccc(N(c2ccccc2)c2cc(N(c3ccccc3)c3ccccc3)nc(N(c3ccccc3)c3ccccc3)c2)cc1.c1ccc(N2c3ccccc3B3c4ccccc4N4c5ccccc5B5c6ccccc6N(c6ccccc6)c6nc2c3c4c65)cc1. The maximum Gasteiger partial charge on any atom is 0.254 e. The minimum atomic E-state index is 0.0506. The van der Waals surface area contributed by atoms with E-state index in [2.05, 4.69) is 357 Å². The van der Waals surface area contributed by atoms with Crippen molar-refractivity contribution in [1.29, 1.82) is 0 Å². The Balaban J connectivity index is 0.000000141. The lowest BCUT2D eigenvalue weighted by Crippen LogP contribution is -2.69. The van der Waals surface area contributed by atoms with Crippen LogP contribution in [0.15, 0.2) is 352 Å². The molecule has 2 aromatic heterocycles. The Kier molecular flexibility index (Phi) is 13.6. The molecule has 10 heteroatoms. The third-order valence-electron chi connectivity index (χ3n) is 18.0. The number of aromatic nitrogens is 2. The average Bonchev–Trinajstić information content (AvgIpc) is 0.677. The minimum absolute atomic E-state index is 0.0506. The Morgan fingerprint density at radius 1 is 0.228 bits per heavy atom. The number of fused-ring (bicyclic) bond motifs is 10. The molecule has 0 saturated heterocycles. The molecule has 0 N–H and O–H groups in total. The molecule has 0 spiro atoms. The van der Waals surface area contributed by atoms with Crippen molar-refractivity contribution in [2.45, 2.75) is 0 Å². The molecule has 12 aromatic carbocycles. The number of nitrogens with zero attached hydrogens (tertiary/aromatic N) is 8. The van der Waals surface area contributed by atoms with Gasteiger partial charge in [0.15, 0.2) is 0 Å². The fraction of sp³-hybridized carbons (Fsp3) is 0. The third kappa shape index (κ3) is 9.18. The summed E-state index contributed by atoms with van der Waals surface area (Å²) in [4.78, 5) is 25.3. The predicted molar refractivity (Wildman–Crippen MR) is 386 cm³/mol. The summed E-state index contributed by atoms with van der Waals surface area (Å²) in [5.41, 5.74) is 23.3. The summed E-state index contributed by atoms with van der Waals surface area (Å²) in [5, 5.41) is 0. The zero-order valence-corrected chi connectivity index (χ0v) is 50.2. The smallest absolute Gasteiger partial charge is 0.254 e. The van der Waals surface area contributed by atoms with Gasteiger partial charge in [-0.05, 0) is 154 Å². The van der Waals surface area contributed by atoms with Gasteiger partial charge in [-0.1, -0.05) is 218 Å². The van der Waals surface area contributed by atoms with E-state index < -0.39 is 0 Å². The Bertz CT molecular complexity index is 4430. The van der Waals surface area contributed by atoms with Crippen molar-refractivity contribution >= 4 is 149 Å². The van der Waals surface area contributed by atoms with Crippen molar-refractivity contribution in [3.05, 3.63) is 352 Å². The maximum atomic E-state index is 5.85. The molecule has 18 rings (SSSR count). The van der Waals surface area contributed by atoms with E-state index in [1.807, 2.05) is 24.3 Å². The number of rotatable bonds is 11. The normalized spacial score (nSPS) is 12.5. The first-order chi connectivity index (χ1) is 45.7. The number of pyridine rings is 2. The topological polar surface area (TPSA) is 45.2 Å². The molecule has 0 aliphatic carbocycles. The van der Waals surface area contributed by atoms with E-state index in [0.29, 0.717) is 0 Å². The van der Waals surface area contributed by atoms with E-state index in [1.165, 1.54) is 61.2 Å². The molecule has 0 radical (unpaired) electrons. The van der Waals surface area contributed by atoms with Crippen molar-refractivity contribution in [2.24, 2.45) is 0 Å². The summed E-state index contributed by atoms with van der Waals surface area (Å²) in [6.07, 6.45) is 0. The van der Waals surface area contributed by atoms with Crippen LogP contribution in [0.2, 0.25) is 0 Å². The van der Waals surface area contributed by atoms with Gasteiger partial charge in [-0.3, -0.25) is 19.6 Å². The van der Waals surface area contributed by atoms with Crippen molar-refractivity contribution < 1.29 is 0 Å². The van der Waals surface area contributed by atoms with Crippen LogP contribution in [-0.2, 0) is 0 Å². The average molecular weight is 1180 g/mol. The van der Waals surface area contributed by atoms with Gasteiger partial charge in [0.1, 0.15) is 23.3 Å². The lowest BCUT2D eigenvalue weighted by molar-refractivity contribution is 1.12. The van der Waals surface area contributed by atoms with Crippen molar-refractivity contribution in [3.8, 4) is 0 Å². The number of hydrogen-bond donors (Lipinski definition) is 0. The molecule has 0 fully saturated rings. The van der Waals surface area contributed by atoms with Crippen LogP contribution >= 0.6 is 0 Å². The van der Waals surface area contributed by atoms with Gasteiger partial charge in [0.05, 0.1) is 5.69 Å². The summed E-state index contributed by atoms with van der Waals surface area (Å²) < 4.78 is 0. The lowest BCUT2D eigenvalue weighted by Gasteiger charge is -2.50. The Morgan fingerprint density at radius 2 is 0.478 bits per heavy atom. The monoisotopic (exact) mass is 1180 g/mol. The molecule has 4 aliphatic heterocycles. The Labute approximate surface area is 537 Å². The van der Waals surface area contributed by atoms with Gasteiger partial charge in [0.25, 0.3) is 13.4 Å². The number of benzene rings is 12. The molecule has 0 amide bonds. The van der Waals surface area contributed by atoms with Gasteiger partial charge in [-0.15, -0.1) is 0 Å². The molecular formula is C82H58B2N8. The molecule has 0 unspecified atom stereocenters. The molecule has 6 heterocycles. The fourth-order valence-electron chi connectivity index (χ4n) is 14.2. The first-order valence-electron chi connectivity index (χ1n) is 31.4. The van der Waals surface area contributed by atoms with Crippen molar-refractivity contribution in [1.82, 2.24) is 9.97 Å². The summed E-state index contributed by atoms with van der Waals surface area (Å²) >= 11 is 0. The van der Waals surface area contributed by atoms with Crippen LogP contribution in [-0.4, -0.2) is 23.4 Å². The zero-order valence-electron chi connectivity index (χ0n) is 50.2. The summed E-state index contributed by atoms with van der Waals surface area (Å²) in [7, 11) is 0. The van der Waals surface area contributed by atoms with Crippen LogP contribution in [0.1, 0.15) is 0 Å². The first-order valence-corrected chi connectivity index (χ1v) is 31.4. The van der Waals surface area contributed by atoms with Crippen LogP contribution < -0.4 is 62.2 Å². The highest BCUT2D eigenvalue weighted by atomic mass is 15.3. The van der Waals surface area contributed by atoms with E-state index in [4.69, 9.17) is 9.97 Å². The van der Waals surface area contributed by atoms with Gasteiger partial charge in [-0.2, -0.15) is 0 Å². The summed E-state index contributed by atoms with van der Waals surface area (Å²) in [6.45, 7) is 0.101. The second-order valence-electron chi connectivity index (χ2n) is 23.3. The van der Waals surface area contributed by atoms with Crippen LogP contribution in [0, 0.1) is 0 Å². The third-order valence-corrected chi connectivity index (χ3v) is 18.0. The Hall–Kier alpha value is -12.1. The van der Waals surface area contributed by atoms with Crippen LogP contribution in [0.5, 0.6) is 0 Å². The molecule has 14 aromatic rings. The lowest BCUT2D eigenvalue weighted by atomic mass is 9.29. The van der Waals surface area contributed by atoms with Gasteiger partial charge in [-0.25, -0.2) is 9.97 Å². The van der Waals surface area contributed by atoms with E-state index >= 15 is 0 Å². The molecule has 0 bridgehead atoms.